The first-order valence-corrected chi connectivity index (χ1v) is 3.45. The van der Waals surface area contributed by atoms with Crippen molar-refractivity contribution in [1.82, 2.24) is 4.98 Å². The molecule has 0 atom stereocenters. The standard InChI is InChI=1S/C7H12N2.H2O/c1-2-3-5-9-6-4-8-7-9;/h4,6-7H,2-3,5H2,1H3;1H2. The summed E-state index contributed by atoms with van der Waals surface area (Å²) < 4.78 is 2.16. The van der Waals surface area contributed by atoms with Gasteiger partial charge in [-0.2, -0.15) is 0 Å². The van der Waals surface area contributed by atoms with E-state index < -0.39 is 0 Å². The van der Waals surface area contributed by atoms with Crippen LogP contribution in [0.4, 0.5) is 0 Å². The zero-order valence-electron chi connectivity index (χ0n) is 6.25. The quantitative estimate of drug-likeness (QED) is 0.627. The van der Waals surface area contributed by atoms with Gasteiger partial charge in [-0.25, -0.2) is 4.57 Å². The lowest BCUT2D eigenvalue weighted by Crippen LogP contribution is -2.29. The summed E-state index contributed by atoms with van der Waals surface area (Å²) in [6.07, 6.45) is 8.50. The van der Waals surface area contributed by atoms with Crippen molar-refractivity contribution in [2.75, 3.05) is 0 Å². The molecule has 0 aliphatic carbocycles. The molecule has 0 aromatic carbocycles. The molecule has 10 heavy (non-hydrogen) atoms. The maximum atomic E-state index is 3.00. The molecule has 3 nitrogen and oxygen atoms in total. The molecular formula is C7H14N2O. The van der Waals surface area contributed by atoms with E-state index in [9.17, 15) is 0 Å². The van der Waals surface area contributed by atoms with Crippen LogP contribution in [0.3, 0.4) is 0 Å². The lowest BCUT2D eigenvalue weighted by atomic mass is 10.3. The SMILES string of the molecule is CCCC[n+]1cc[nH]c1.[OH-]. The Hall–Kier alpha value is -0.830. The lowest BCUT2D eigenvalue weighted by Gasteiger charge is -1.89. The molecule has 0 bridgehead atoms. The number of hydrogen-bond donors (Lipinski definition) is 1. The van der Waals surface area contributed by atoms with Gasteiger partial charge >= 0.3 is 0 Å². The molecule has 1 aromatic rings. The third kappa shape index (κ3) is 2.64. The Kier molecular flexibility index (Phi) is 4.58. The number of aryl methyl sites for hydroxylation is 1. The molecule has 58 valence electrons. The molecule has 0 fully saturated rings. The molecular weight excluding hydrogens is 128 g/mol. The Labute approximate surface area is 61.0 Å². The molecule has 3 heteroatoms. The minimum Gasteiger partial charge on any atom is -0.870 e. The van der Waals surface area contributed by atoms with Crippen LogP contribution in [0.25, 0.3) is 0 Å². The number of H-pyrrole nitrogens is 1. The van der Waals surface area contributed by atoms with Gasteiger partial charge in [0.05, 0.1) is 6.54 Å². The van der Waals surface area contributed by atoms with Gasteiger partial charge in [0.15, 0.2) is 0 Å². The van der Waals surface area contributed by atoms with E-state index in [1.54, 1.807) is 0 Å². The number of unbranched alkanes of at least 4 members (excludes halogenated alkanes) is 1. The molecule has 0 spiro atoms. The summed E-state index contributed by atoms with van der Waals surface area (Å²) in [5, 5.41) is 0. The summed E-state index contributed by atoms with van der Waals surface area (Å²) in [7, 11) is 0. The van der Waals surface area contributed by atoms with E-state index in [1.165, 1.54) is 12.8 Å². The second kappa shape index (κ2) is 4.99. The molecule has 0 amide bonds. The minimum absolute atomic E-state index is 0. The summed E-state index contributed by atoms with van der Waals surface area (Å²) in [4.78, 5) is 3.00. The maximum Gasteiger partial charge on any atom is 0.241 e. The van der Waals surface area contributed by atoms with Gasteiger partial charge in [-0.05, 0) is 6.42 Å². The van der Waals surface area contributed by atoms with Crippen molar-refractivity contribution in [3.63, 3.8) is 0 Å². The van der Waals surface area contributed by atoms with Crippen molar-refractivity contribution in [3.05, 3.63) is 18.7 Å². The fraction of sp³-hybridized carbons (Fsp3) is 0.571. The van der Waals surface area contributed by atoms with Gasteiger partial charge < -0.3 is 5.48 Å². The largest absolute Gasteiger partial charge is 0.870 e. The normalized spacial score (nSPS) is 8.90. The van der Waals surface area contributed by atoms with Crippen molar-refractivity contribution in [2.45, 2.75) is 26.3 Å². The average molecular weight is 142 g/mol. The van der Waals surface area contributed by atoms with Gasteiger partial charge in [0.1, 0.15) is 12.4 Å². The van der Waals surface area contributed by atoms with Crippen LogP contribution in [0.1, 0.15) is 19.8 Å². The highest BCUT2D eigenvalue weighted by molar-refractivity contribution is 4.55. The number of rotatable bonds is 3. The van der Waals surface area contributed by atoms with Crippen molar-refractivity contribution < 1.29 is 10.0 Å². The molecule has 0 saturated heterocycles. The summed E-state index contributed by atoms with van der Waals surface area (Å²) in [6.45, 7) is 3.34. The predicted molar refractivity (Wildman–Crippen MR) is 37.8 cm³/mol. The molecule has 0 saturated carbocycles. The van der Waals surface area contributed by atoms with Crippen molar-refractivity contribution in [3.8, 4) is 0 Å². The topological polar surface area (TPSA) is 49.7 Å². The van der Waals surface area contributed by atoms with E-state index in [0.29, 0.717) is 0 Å². The second-order valence-electron chi connectivity index (χ2n) is 2.20. The first-order chi connectivity index (χ1) is 4.43. The highest BCUT2D eigenvalue weighted by Gasteiger charge is 1.92. The van der Waals surface area contributed by atoms with E-state index in [4.69, 9.17) is 0 Å². The van der Waals surface area contributed by atoms with Crippen LogP contribution in [0, 0.1) is 0 Å². The lowest BCUT2D eigenvalue weighted by molar-refractivity contribution is -0.696. The van der Waals surface area contributed by atoms with Crippen LogP contribution in [0.2, 0.25) is 0 Å². The molecule has 1 heterocycles. The molecule has 2 N–H and O–H groups in total. The summed E-state index contributed by atoms with van der Waals surface area (Å²) in [6, 6.07) is 0. The van der Waals surface area contributed by atoms with Crippen LogP contribution in [-0.4, -0.2) is 10.5 Å². The van der Waals surface area contributed by atoms with E-state index in [-0.39, 0.29) is 5.48 Å². The van der Waals surface area contributed by atoms with Crippen molar-refractivity contribution >= 4 is 0 Å². The molecule has 1 rings (SSSR count). The Bertz CT molecular complexity index is 149. The predicted octanol–water partition coefficient (Wildman–Crippen LogP) is 0.925. The third-order valence-corrected chi connectivity index (χ3v) is 1.37. The monoisotopic (exact) mass is 142 g/mol. The molecule has 0 aliphatic rings. The van der Waals surface area contributed by atoms with Crippen LogP contribution in [0.15, 0.2) is 18.7 Å². The Morgan fingerprint density at radius 1 is 1.50 bits per heavy atom. The maximum absolute atomic E-state index is 3.00. The van der Waals surface area contributed by atoms with Crippen LogP contribution in [0.5, 0.6) is 0 Å². The number of nitrogens with zero attached hydrogens (tertiary/aromatic N) is 1. The first kappa shape index (κ1) is 9.17. The molecule has 0 unspecified atom stereocenters. The Balaban J connectivity index is 0.000000810. The number of aromatic nitrogens is 2. The van der Waals surface area contributed by atoms with Crippen molar-refractivity contribution in [1.29, 1.82) is 0 Å². The van der Waals surface area contributed by atoms with Crippen LogP contribution >= 0.6 is 0 Å². The van der Waals surface area contributed by atoms with Gasteiger partial charge in [-0.15, -0.1) is 0 Å². The van der Waals surface area contributed by atoms with Gasteiger partial charge in [-0.3, -0.25) is 4.98 Å². The van der Waals surface area contributed by atoms with Gasteiger partial charge in [0.2, 0.25) is 6.33 Å². The zero-order valence-corrected chi connectivity index (χ0v) is 6.25. The Morgan fingerprint density at radius 3 is 2.80 bits per heavy atom. The van der Waals surface area contributed by atoms with E-state index >= 15 is 0 Å². The number of hydrogen-bond acceptors (Lipinski definition) is 1. The van der Waals surface area contributed by atoms with Crippen LogP contribution in [-0.2, 0) is 6.54 Å². The fourth-order valence-electron chi connectivity index (χ4n) is 0.800. The molecule has 0 aliphatic heterocycles. The summed E-state index contributed by atoms with van der Waals surface area (Å²) >= 11 is 0. The Morgan fingerprint density at radius 2 is 2.30 bits per heavy atom. The smallest absolute Gasteiger partial charge is 0.241 e. The third-order valence-electron chi connectivity index (χ3n) is 1.37. The van der Waals surface area contributed by atoms with E-state index in [0.717, 1.165) is 6.54 Å². The van der Waals surface area contributed by atoms with E-state index in [1.807, 2.05) is 12.5 Å². The second-order valence-corrected chi connectivity index (χ2v) is 2.20. The number of aromatic amines is 1. The van der Waals surface area contributed by atoms with E-state index in [2.05, 4.69) is 22.7 Å². The zero-order chi connectivity index (χ0) is 6.53. The summed E-state index contributed by atoms with van der Waals surface area (Å²) in [5.74, 6) is 0. The average Bonchev–Trinajstić information content (AvgIpc) is 2.34. The minimum atomic E-state index is 0. The number of nitrogens with one attached hydrogen (secondary N) is 1. The van der Waals surface area contributed by atoms with Crippen LogP contribution < -0.4 is 4.57 Å². The molecule has 0 radical (unpaired) electrons. The number of imidazole rings is 1. The highest BCUT2D eigenvalue weighted by atomic mass is 16.0. The highest BCUT2D eigenvalue weighted by Crippen LogP contribution is 1.84. The molecule has 1 aromatic heterocycles. The summed E-state index contributed by atoms with van der Waals surface area (Å²) in [5.41, 5.74) is 0. The van der Waals surface area contributed by atoms with Gasteiger partial charge in [-0.1, -0.05) is 13.3 Å². The van der Waals surface area contributed by atoms with Crippen molar-refractivity contribution in [2.24, 2.45) is 0 Å². The fourth-order valence-corrected chi connectivity index (χ4v) is 0.800. The van der Waals surface area contributed by atoms with Gasteiger partial charge in [0.25, 0.3) is 0 Å². The van der Waals surface area contributed by atoms with Gasteiger partial charge in [0, 0.05) is 0 Å². The first-order valence-electron chi connectivity index (χ1n) is 3.45.